The monoisotopic (exact) mass is 249 g/mol. The first-order chi connectivity index (χ1) is 7.83. The number of aromatic nitrogens is 3. The van der Waals surface area contributed by atoms with Crippen molar-refractivity contribution in [2.75, 3.05) is 0 Å². The van der Waals surface area contributed by atoms with Gasteiger partial charge in [-0.1, -0.05) is 5.21 Å². The van der Waals surface area contributed by atoms with Gasteiger partial charge in [0.05, 0.1) is 17.8 Å². The van der Waals surface area contributed by atoms with Gasteiger partial charge in [0, 0.05) is 7.05 Å². The molecule has 4 nitrogen and oxygen atoms in total. The number of hydrogen-bond donors (Lipinski definition) is 1. The lowest BCUT2D eigenvalue weighted by atomic mass is 9.77. The molecule has 0 bridgehead atoms. The van der Waals surface area contributed by atoms with Gasteiger partial charge in [-0.2, -0.15) is 13.2 Å². The lowest BCUT2D eigenvalue weighted by Crippen LogP contribution is -2.37. The molecule has 0 amide bonds. The van der Waals surface area contributed by atoms with E-state index in [1.165, 1.54) is 10.9 Å². The van der Waals surface area contributed by atoms with E-state index in [0.29, 0.717) is 5.69 Å². The van der Waals surface area contributed by atoms with Crippen molar-refractivity contribution in [2.24, 2.45) is 13.0 Å². The van der Waals surface area contributed by atoms with Gasteiger partial charge < -0.3 is 5.11 Å². The second kappa shape index (κ2) is 3.97. The number of hydrogen-bond acceptors (Lipinski definition) is 3. The van der Waals surface area contributed by atoms with E-state index in [1.54, 1.807) is 7.05 Å². The summed E-state index contributed by atoms with van der Waals surface area (Å²) in [6.45, 7) is 0. The molecule has 7 heteroatoms. The second-order valence-electron chi connectivity index (χ2n) is 4.59. The molecule has 0 radical (unpaired) electrons. The van der Waals surface area contributed by atoms with Crippen LogP contribution in [0, 0.1) is 5.92 Å². The fraction of sp³-hybridized carbons (Fsp3) is 0.800. The molecule has 1 aromatic heterocycles. The summed E-state index contributed by atoms with van der Waals surface area (Å²) in [6, 6.07) is 0. The van der Waals surface area contributed by atoms with Crippen LogP contribution in [0.1, 0.15) is 31.4 Å². The predicted molar refractivity (Wildman–Crippen MR) is 52.9 cm³/mol. The Morgan fingerprint density at radius 1 is 1.41 bits per heavy atom. The molecule has 0 aromatic carbocycles. The van der Waals surface area contributed by atoms with E-state index in [2.05, 4.69) is 10.3 Å². The van der Waals surface area contributed by atoms with Crippen LogP contribution in [0.2, 0.25) is 0 Å². The number of aryl methyl sites for hydroxylation is 1. The molecule has 0 atom stereocenters. The predicted octanol–water partition coefficient (Wildman–Crippen LogP) is 1.76. The van der Waals surface area contributed by atoms with Crippen LogP contribution in [0.5, 0.6) is 0 Å². The van der Waals surface area contributed by atoms with Crippen LogP contribution in [0.4, 0.5) is 13.2 Å². The van der Waals surface area contributed by atoms with Gasteiger partial charge in [0.25, 0.3) is 0 Å². The SMILES string of the molecule is Cn1nncc1C1(O)CCC(C(F)(F)F)CC1. The topological polar surface area (TPSA) is 50.9 Å². The van der Waals surface area contributed by atoms with E-state index in [4.69, 9.17) is 0 Å². The Hall–Kier alpha value is -1.11. The van der Waals surface area contributed by atoms with Gasteiger partial charge in [-0.05, 0) is 25.7 Å². The van der Waals surface area contributed by atoms with Crippen LogP contribution in [0.3, 0.4) is 0 Å². The zero-order valence-electron chi connectivity index (χ0n) is 9.41. The van der Waals surface area contributed by atoms with E-state index >= 15 is 0 Å². The molecule has 1 aliphatic carbocycles. The van der Waals surface area contributed by atoms with Crippen LogP contribution in [0.15, 0.2) is 6.20 Å². The van der Waals surface area contributed by atoms with Crippen molar-refractivity contribution < 1.29 is 18.3 Å². The highest BCUT2D eigenvalue weighted by atomic mass is 19.4. The Labute approximate surface area is 96.4 Å². The highest BCUT2D eigenvalue weighted by Gasteiger charge is 2.46. The van der Waals surface area contributed by atoms with E-state index in [9.17, 15) is 18.3 Å². The zero-order chi connectivity index (χ0) is 12.7. The van der Waals surface area contributed by atoms with Crippen LogP contribution >= 0.6 is 0 Å². The molecule has 1 N–H and O–H groups in total. The summed E-state index contributed by atoms with van der Waals surface area (Å²) in [6.07, 6.45) is -2.66. The average Bonchev–Trinajstić information content (AvgIpc) is 2.64. The molecule has 1 aromatic rings. The fourth-order valence-corrected chi connectivity index (χ4v) is 2.39. The Balaban J connectivity index is 2.11. The Bertz CT molecular complexity index is 394. The van der Waals surface area contributed by atoms with Gasteiger partial charge in [-0.15, -0.1) is 5.10 Å². The van der Waals surface area contributed by atoms with Crippen LogP contribution in [-0.2, 0) is 12.6 Å². The molecule has 2 rings (SSSR count). The van der Waals surface area contributed by atoms with Crippen molar-refractivity contribution in [3.05, 3.63) is 11.9 Å². The largest absolute Gasteiger partial charge is 0.391 e. The third kappa shape index (κ3) is 2.29. The molecule has 0 spiro atoms. The lowest BCUT2D eigenvalue weighted by Gasteiger charge is -2.36. The van der Waals surface area contributed by atoms with Gasteiger partial charge in [0.15, 0.2) is 0 Å². The van der Waals surface area contributed by atoms with E-state index in [1.807, 2.05) is 0 Å². The summed E-state index contributed by atoms with van der Waals surface area (Å²) >= 11 is 0. The first-order valence-electron chi connectivity index (χ1n) is 5.47. The molecule has 0 unspecified atom stereocenters. The minimum absolute atomic E-state index is 0.0504. The molecule has 1 saturated carbocycles. The highest BCUT2D eigenvalue weighted by Crippen LogP contribution is 2.44. The van der Waals surface area contributed by atoms with Crippen molar-refractivity contribution in [2.45, 2.75) is 37.5 Å². The Morgan fingerprint density at radius 2 is 2.00 bits per heavy atom. The van der Waals surface area contributed by atoms with Gasteiger partial charge in [-0.25, -0.2) is 4.68 Å². The van der Waals surface area contributed by atoms with Gasteiger partial charge in [0.1, 0.15) is 5.60 Å². The second-order valence-corrected chi connectivity index (χ2v) is 4.59. The molecule has 0 saturated heterocycles. The summed E-state index contributed by atoms with van der Waals surface area (Å²) in [5, 5.41) is 17.7. The lowest BCUT2D eigenvalue weighted by molar-refractivity contribution is -0.193. The maximum Gasteiger partial charge on any atom is 0.391 e. The molecule has 1 heterocycles. The molecule has 1 fully saturated rings. The molecular weight excluding hydrogens is 235 g/mol. The smallest absolute Gasteiger partial charge is 0.384 e. The summed E-state index contributed by atoms with van der Waals surface area (Å²) in [5.41, 5.74) is -0.738. The number of halogens is 3. The zero-order valence-corrected chi connectivity index (χ0v) is 9.41. The van der Waals surface area contributed by atoms with Crippen molar-refractivity contribution in [3.8, 4) is 0 Å². The summed E-state index contributed by atoms with van der Waals surface area (Å²) in [5.74, 6) is -1.30. The minimum Gasteiger partial charge on any atom is -0.384 e. The molecule has 0 aliphatic heterocycles. The number of rotatable bonds is 1. The molecule has 17 heavy (non-hydrogen) atoms. The summed E-state index contributed by atoms with van der Waals surface area (Å²) in [4.78, 5) is 0. The molecule has 1 aliphatic rings. The maximum atomic E-state index is 12.5. The Kier molecular flexibility index (Phi) is 2.89. The quantitative estimate of drug-likeness (QED) is 0.825. The minimum atomic E-state index is -4.16. The first-order valence-corrected chi connectivity index (χ1v) is 5.47. The van der Waals surface area contributed by atoms with Crippen molar-refractivity contribution in [1.29, 1.82) is 0 Å². The number of nitrogens with zero attached hydrogens (tertiary/aromatic N) is 3. The van der Waals surface area contributed by atoms with Crippen LogP contribution < -0.4 is 0 Å². The Morgan fingerprint density at radius 3 is 2.41 bits per heavy atom. The van der Waals surface area contributed by atoms with Gasteiger partial charge in [-0.3, -0.25) is 0 Å². The fourth-order valence-electron chi connectivity index (χ4n) is 2.39. The standard InChI is InChI=1S/C10H14F3N3O/c1-16-8(6-14-15-16)9(17)4-2-7(3-5-9)10(11,12)13/h6-7,17H,2-5H2,1H3. The van der Waals surface area contributed by atoms with Gasteiger partial charge >= 0.3 is 6.18 Å². The van der Waals surface area contributed by atoms with Gasteiger partial charge in [0.2, 0.25) is 0 Å². The van der Waals surface area contributed by atoms with Crippen molar-refractivity contribution in [1.82, 2.24) is 15.0 Å². The maximum absolute atomic E-state index is 12.5. The average molecular weight is 249 g/mol. The van der Waals surface area contributed by atoms with E-state index in [0.717, 1.165) is 0 Å². The molecular formula is C10H14F3N3O. The third-order valence-corrected chi connectivity index (χ3v) is 3.47. The van der Waals surface area contributed by atoms with E-state index in [-0.39, 0.29) is 25.7 Å². The summed E-state index contributed by atoms with van der Waals surface area (Å²) in [7, 11) is 1.62. The third-order valence-electron chi connectivity index (χ3n) is 3.47. The van der Waals surface area contributed by atoms with Crippen LogP contribution in [0.25, 0.3) is 0 Å². The van der Waals surface area contributed by atoms with Crippen molar-refractivity contribution in [3.63, 3.8) is 0 Å². The number of aliphatic hydroxyl groups is 1. The van der Waals surface area contributed by atoms with E-state index < -0.39 is 17.7 Å². The normalized spacial score (nSPS) is 30.5. The first kappa shape index (κ1) is 12.3. The molecule has 96 valence electrons. The summed E-state index contributed by atoms with van der Waals surface area (Å²) < 4.78 is 38.9. The van der Waals surface area contributed by atoms with Crippen LogP contribution in [-0.4, -0.2) is 26.3 Å². The highest BCUT2D eigenvalue weighted by molar-refractivity contribution is 5.09. The number of alkyl halides is 3. The van der Waals surface area contributed by atoms with Crippen molar-refractivity contribution >= 4 is 0 Å².